The zero-order chi connectivity index (χ0) is 15.4. The predicted molar refractivity (Wildman–Crippen MR) is 84.2 cm³/mol. The van der Waals surface area contributed by atoms with E-state index in [0.29, 0.717) is 24.4 Å². The molecule has 0 aromatic rings. The first-order valence-corrected chi connectivity index (χ1v) is 8.42. The van der Waals surface area contributed by atoms with Crippen molar-refractivity contribution in [3.63, 3.8) is 0 Å². The smallest absolute Gasteiger partial charge is 0.317 e. The number of carbonyl (C=O) groups is 1. The minimum absolute atomic E-state index is 0.0115. The van der Waals surface area contributed by atoms with Gasteiger partial charge in [0.25, 0.3) is 0 Å². The summed E-state index contributed by atoms with van der Waals surface area (Å²) in [5.41, 5.74) is 0. The molecule has 122 valence electrons. The van der Waals surface area contributed by atoms with Gasteiger partial charge in [0.15, 0.2) is 0 Å². The van der Waals surface area contributed by atoms with Gasteiger partial charge in [-0.1, -0.05) is 6.92 Å². The Morgan fingerprint density at radius 1 is 1.29 bits per heavy atom. The molecule has 0 spiro atoms. The van der Waals surface area contributed by atoms with Gasteiger partial charge in [-0.25, -0.2) is 4.79 Å². The van der Waals surface area contributed by atoms with Crippen LogP contribution < -0.4 is 5.32 Å². The van der Waals surface area contributed by atoms with Crippen molar-refractivity contribution >= 4 is 6.03 Å². The number of likely N-dealkylation sites (tertiary alicyclic amines) is 2. The number of hydrogen-bond donors (Lipinski definition) is 2. The summed E-state index contributed by atoms with van der Waals surface area (Å²) < 4.78 is 0. The molecule has 2 N–H and O–H groups in total. The predicted octanol–water partition coefficient (Wildman–Crippen LogP) is 1.52. The molecule has 0 radical (unpaired) electrons. The number of rotatable bonds is 3. The van der Waals surface area contributed by atoms with Crippen LogP contribution in [0.5, 0.6) is 0 Å². The number of β-amino-alcohol motifs (C(OH)–C–C–N with tert-alkyl or cyclic N) is 1. The first kappa shape index (κ1) is 16.6. The van der Waals surface area contributed by atoms with Crippen LogP contribution in [0.25, 0.3) is 0 Å². The van der Waals surface area contributed by atoms with Gasteiger partial charge in [-0.3, -0.25) is 0 Å². The molecule has 2 amide bonds. The standard InChI is InChI=1S/C16H31N3O2/c1-12(2)18-7-4-5-14(10-18)9-17-16(21)19-8-6-13(3)15(20)11-19/h12-15,20H,4-11H2,1-3H3,(H,17,21). The Morgan fingerprint density at radius 2 is 2.05 bits per heavy atom. The number of nitrogens with one attached hydrogen (secondary N) is 1. The van der Waals surface area contributed by atoms with E-state index in [2.05, 4.69) is 24.1 Å². The lowest BCUT2D eigenvalue weighted by atomic mass is 9.96. The molecule has 5 nitrogen and oxygen atoms in total. The third-order valence-electron chi connectivity index (χ3n) is 5.03. The molecule has 0 aromatic carbocycles. The van der Waals surface area contributed by atoms with Crippen molar-refractivity contribution in [2.45, 2.75) is 52.2 Å². The summed E-state index contributed by atoms with van der Waals surface area (Å²) in [5.74, 6) is 0.853. The highest BCUT2D eigenvalue weighted by atomic mass is 16.3. The molecule has 0 bridgehead atoms. The molecule has 2 saturated heterocycles. The van der Waals surface area contributed by atoms with E-state index < -0.39 is 0 Å². The number of nitrogens with zero attached hydrogens (tertiary/aromatic N) is 2. The second-order valence-electron chi connectivity index (χ2n) is 7.06. The summed E-state index contributed by atoms with van der Waals surface area (Å²) >= 11 is 0. The second-order valence-corrected chi connectivity index (χ2v) is 7.06. The Morgan fingerprint density at radius 3 is 2.71 bits per heavy atom. The molecule has 5 heteroatoms. The highest BCUT2D eigenvalue weighted by molar-refractivity contribution is 5.74. The van der Waals surface area contributed by atoms with Crippen molar-refractivity contribution in [2.24, 2.45) is 11.8 Å². The summed E-state index contributed by atoms with van der Waals surface area (Å²) in [7, 11) is 0. The lowest BCUT2D eigenvalue weighted by molar-refractivity contribution is 0.0430. The van der Waals surface area contributed by atoms with E-state index in [-0.39, 0.29) is 12.1 Å². The third kappa shape index (κ3) is 4.58. The summed E-state index contributed by atoms with van der Waals surface area (Å²) in [6, 6.07) is 0.574. The highest BCUT2D eigenvalue weighted by Gasteiger charge is 2.28. The average Bonchev–Trinajstić information content (AvgIpc) is 2.48. The average molecular weight is 297 g/mol. The van der Waals surface area contributed by atoms with E-state index in [1.54, 1.807) is 4.90 Å². The van der Waals surface area contributed by atoms with Gasteiger partial charge in [0.1, 0.15) is 0 Å². The zero-order valence-corrected chi connectivity index (χ0v) is 13.7. The first-order valence-electron chi connectivity index (χ1n) is 8.42. The van der Waals surface area contributed by atoms with Gasteiger partial charge < -0.3 is 20.2 Å². The maximum absolute atomic E-state index is 12.2. The van der Waals surface area contributed by atoms with Crippen LogP contribution in [-0.2, 0) is 0 Å². The molecule has 2 rings (SSSR count). The van der Waals surface area contributed by atoms with Crippen LogP contribution in [0.1, 0.15) is 40.0 Å². The molecule has 21 heavy (non-hydrogen) atoms. The van der Waals surface area contributed by atoms with Gasteiger partial charge in [-0.2, -0.15) is 0 Å². The molecule has 0 aromatic heterocycles. The van der Waals surface area contributed by atoms with Crippen LogP contribution in [-0.4, -0.2) is 65.8 Å². The van der Waals surface area contributed by atoms with Crippen LogP contribution in [0.2, 0.25) is 0 Å². The molecular weight excluding hydrogens is 266 g/mol. The lowest BCUT2D eigenvalue weighted by Crippen LogP contribution is -2.51. The number of urea groups is 1. The molecule has 2 heterocycles. The molecule has 2 fully saturated rings. The molecule has 3 unspecified atom stereocenters. The van der Waals surface area contributed by atoms with E-state index in [0.717, 1.165) is 26.1 Å². The fraction of sp³-hybridized carbons (Fsp3) is 0.938. The van der Waals surface area contributed by atoms with Crippen molar-refractivity contribution in [3.8, 4) is 0 Å². The SMILES string of the molecule is CC1CCN(C(=O)NCC2CCCN(C(C)C)C2)CC1O. The Labute approximate surface area is 128 Å². The summed E-state index contributed by atoms with van der Waals surface area (Å²) in [6.07, 6.45) is 2.93. The number of hydrogen-bond acceptors (Lipinski definition) is 3. The van der Waals surface area contributed by atoms with Gasteiger partial charge in [0, 0.05) is 32.2 Å². The Kier molecular flexibility index (Phi) is 5.88. The summed E-state index contributed by atoms with van der Waals surface area (Å²) in [5, 5.41) is 12.9. The molecule has 3 atom stereocenters. The zero-order valence-electron chi connectivity index (χ0n) is 13.7. The number of aliphatic hydroxyl groups is 1. The van der Waals surface area contributed by atoms with E-state index in [9.17, 15) is 9.90 Å². The topological polar surface area (TPSA) is 55.8 Å². The first-order chi connectivity index (χ1) is 9.97. The van der Waals surface area contributed by atoms with Crippen LogP contribution in [0.4, 0.5) is 4.79 Å². The monoisotopic (exact) mass is 297 g/mol. The van der Waals surface area contributed by atoms with Crippen molar-refractivity contribution in [2.75, 3.05) is 32.7 Å². The Bertz CT molecular complexity index is 348. The van der Waals surface area contributed by atoms with Crippen molar-refractivity contribution in [3.05, 3.63) is 0 Å². The van der Waals surface area contributed by atoms with E-state index in [1.165, 1.54) is 19.4 Å². The van der Waals surface area contributed by atoms with Crippen LogP contribution in [0.3, 0.4) is 0 Å². The van der Waals surface area contributed by atoms with Gasteiger partial charge >= 0.3 is 6.03 Å². The molecule has 2 aliphatic heterocycles. The van der Waals surface area contributed by atoms with Crippen LogP contribution >= 0.6 is 0 Å². The quantitative estimate of drug-likeness (QED) is 0.830. The molecule has 0 saturated carbocycles. The molecule has 0 aliphatic carbocycles. The molecule has 2 aliphatic rings. The van der Waals surface area contributed by atoms with Crippen molar-refractivity contribution in [1.82, 2.24) is 15.1 Å². The van der Waals surface area contributed by atoms with Gasteiger partial charge in [0.2, 0.25) is 0 Å². The maximum Gasteiger partial charge on any atom is 0.317 e. The minimum atomic E-state index is -0.379. The fourth-order valence-electron chi connectivity index (χ4n) is 3.31. The maximum atomic E-state index is 12.2. The summed E-state index contributed by atoms with van der Waals surface area (Å²) in [4.78, 5) is 16.4. The van der Waals surface area contributed by atoms with E-state index in [1.807, 2.05) is 6.92 Å². The summed E-state index contributed by atoms with van der Waals surface area (Å²) in [6.45, 7) is 10.7. The third-order valence-corrected chi connectivity index (χ3v) is 5.03. The van der Waals surface area contributed by atoms with Crippen LogP contribution in [0.15, 0.2) is 0 Å². The van der Waals surface area contributed by atoms with Crippen molar-refractivity contribution < 1.29 is 9.90 Å². The minimum Gasteiger partial charge on any atom is -0.391 e. The second kappa shape index (κ2) is 7.45. The van der Waals surface area contributed by atoms with Crippen LogP contribution in [0, 0.1) is 11.8 Å². The molecular formula is C16H31N3O2. The largest absolute Gasteiger partial charge is 0.391 e. The van der Waals surface area contributed by atoms with E-state index >= 15 is 0 Å². The van der Waals surface area contributed by atoms with Gasteiger partial charge in [-0.15, -0.1) is 0 Å². The van der Waals surface area contributed by atoms with Crippen molar-refractivity contribution in [1.29, 1.82) is 0 Å². The number of aliphatic hydroxyl groups excluding tert-OH is 1. The normalized spacial score (nSPS) is 31.5. The van der Waals surface area contributed by atoms with Gasteiger partial charge in [0.05, 0.1) is 6.10 Å². The number of amides is 2. The highest BCUT2D eigenvalue weighted by Crippen LogP contribution is 2.19. The van der Waals surface area contributed by atoms with E-state index in [4.69, 9.17) is 0 Å². The van der Waals surface area contributed by atoms with Gasteiger partial charge in [-0.05, 0) is 51.5 Å². The number of piperidine rings is 2. The Hall–Kier alpha value is -0.810. The fourth-order valence-corrected chi connectivity index (χ4v) is 3.31. The lowest BCUT2D eigenvalue weighted by Gasteiger charge is -2.37. The Balaban J connectivity index is 1.73. The number of carbonyl (C=O) groups excluding carboxylic acids is 1.